The zero-order valence-corrected chi connectivity index (χ0v) is 9.21. The molecule has 1 aromatic carbocycles. The number of methoxy groups -OCH3 is 2. The summed E-state index contributed by atoms with van der Waals surface area (Å²) < 4.78 is 59.0. The highest BCUT2D eigenvalue weighted by Gasteiger charge is 2.33. The Kier molecular flexibility index (Phi) is 3.90. The van der Waals surface area contributed by atoms with Crippen LogP contribution in [0, 0.1) is 5.82 Å². The van der Waals surface area contributed by atoms with Gasteiger partial charge in [0.1, 0.15) is 22.2 Å². The monoisotopic (exact) mass is 256 g/mol. The number of alkyl halides is 3. The molecule has 0 saturated carbocycles. The highest BCUT2D eigenvalue weighted by Crippen LogP contribution is 2.46. The summed E-state index contributed by atoms with van der Waals surface area (Å²) in [5, 5.41) is 0. The normalized spacial score (nSPS) is 11.4. The maximum Gasteiger partial charge on any atom is 0.446 e. The van der Waals surface area contributed by atoms with Crippen molar-refractivity contribution in [3.63, 3.8) is 0 Å². The topological polar surface area (TPSA) is 18.5 Å². The van der Waals surface area contributed by atoms with Gasteiger partial charge in [0.25, 0.3) is 0 Å². The largest absolute Gasteiger partial charge is 0.495 e. The molecule has 0 aromatic heterocycles. The minimum absolute atomic E-state index is 0.209. The molecule has 0 radical (unpaired) electrons. The third-order valence-electron chi connectivity index (χ3n) is 1.64. The van der Waals surface area contributed by atoms with Crippen LogP contribution >= 0.6 is 11.8 Å². The van der Waals surface area contributed by atoms with E-state index in [1.54, 1.807) is 0 Å². The van der Waals surface area contributed by atoms with Crippen molar-refractivity contribution >= 4 is 11.8 Å². The van der Waals surface area contributed by atoms with E-state index in [2.05, 4.69) is 9.47 Å². The smallest absolute Gasteiger partial charge is 0.446 e. The summed E-state index contributed by atoms with van der Waals surface area (Å²) in [7, 11) is 2.32. The van der Waals surface area contributed by atoms with E-state index in [0.717, 1.165) is 26.4 Å². The van der Waals surface area contributed by atoms with E-state index >= 15 is 0 Å². The number of hydrogen-bond donors (Lipinski definition) is 0. The molecule has 7 heteroatoms. The SMILES string of the molecule is COc1cc(F)cc(OC)c1SC(F)(F)F. The standard InChI is InChI=1S/C9H8F4O2S/c1-14-6-3-5(10)4-7(15-2)8(6)16-9(11,12)13/h3-4H,1-2H3. The van der Waals surface area contributed by atoms with E-state index in [1.807, 2.05) is 0 Å². The van der Waals surface area contributed by atoms with E-state index in [-0.39, 0.29) is 16.4 Å². The number of benzene rings is 1. The highest BCUT2D eigenvalue weighted by molar-refractivity contribution is 8.00. The highest BCUT2D eigenvalue weighted by atomic mass is 32.2. The molecule has 0 aliphatic rings. The predicted octanol–water partition coefficient (Wildman–Crippen LogP) is 3.45. The zero-order chi connectivity index (χ0) is 12.3. The fourth-order valence-electron chi connectivity index (χ4n) is 1.06. The summed E-state index contributed by atoms with van der Waals surface area (Å²) >= 11 is -0.405. The molecule has 0 bridgehead atoms. The fraction of sp³-hybridized carbons (Fsp3) is 0.333. The van der Waals surface area contributed by atoms with E-state index < -0.39 is 23.1 Å². The Bertz CT molecular complexity index is 353. The number of ether oxygens (including phenoxy) is 2. The van der Waals surface area contributed by atoms with Gasteiger partial charge in [0.2, 0.25) is 0 Å². The van der Waals surface area contributed by atoms with Gasteiger partial charge < -0.3 is 9.47 Å². The van der Waals surface area contributed by atoms with Crippen molar-refractivity contribution in [2.24, 2.45) is 0 Å². The second-order valence-corrected chi connectivity index (χ2v) is 3.76. The molecule has 90 valence electrons. The minimum Gasteiger partial charge on any atom is -0.495 e. The number of halogens is 4. The summed E-state index contributed by atoms with van der Waals surface area (Å²) in [5.74, 6) is -1.14. The first-order valence-electron chi connectivity index (χ1n) is 4.04. The van der Waals surface area contributed by atoms with Crippen molar-refractivity contribution in [2.45, 2.75) is 10.4 Å². The van der Waals surface area contributed by atoms with Crippen molar-refractivity contribution in [1.82, 2.24) is 0 Å². The maximum atomic E-state index is 13.0. The number of thioether (sulfide) groups is 1. The average Bonchev–Trinajstić information content (AvgIpc) is 2.18. The Morgan fingerprint density at radius 1 is 1.06 bits per heavy atom. The molecular formula is C9H8F4O2S. The molecule has 0 unspecified atom stereocenters. The summed E-state index contributed by atoms with van der Waals surface area (Å²) in [5.41, 5.74) is -4.49. The lowest BCUT2D eigenvalue weighted by atomic mass is 10.3. The summed E-state index contributed by atoms with van der Waals surface area (Å²) in [6.07, 6.45) is 0. The zero-order valence-electron chi connectivity index (χ0n) is 8.39. The van der Waals surface area contributed by atoms with Crippen LogP contribution in [0.5, 0.6) is 11.5 Å². The van der Waals surface area contributed by atoms with E-state index in [9.17, 15) is 17.6 Å². The third-order valence-corrected chi connectivity index (χ3v) is 2.48. The van der Waals surface area contributed by atoms with Crippen LogP contribution in [0.1, 0.15) is 0 Å². The van der Waals surface area contributed by atoms with Gasteiger partial charge in [0.15, 0.2) is 0 Å². The van der Waals surface area contributed by atoms with Crippen LogP contribution in [0.25, 0.3) is 0 Å². The third kappa shape index (κ3) is 3.19. The average molecular weight is 256 g/mol. The molecule has 0 amide bonds. The van der Waals surface area contributed by atoms with Crippen molar-refractivity contribution in [3.8, 4) is 11.5 Å². The number of rotatable bonds is 3. The van der Waals surface area contributed by atoms with Crippen LogP contribution in [0.15, 0.2) is 17.0 Å². The Labute approximate surface area is 93.5 Å². The first kappa shape index (κ1) is 13.0. The molecule has 2 nitrogen and oxygen atoms in total. The summed E-state index contributed by atoms with van der Waals surface area (Å²) in [4.78, 5) is -0.293. The lowest BCUT2D eigenvalue weighted by Crippen LogP contribution is -2.02. The van der Waals surface area contributed by atoms with Gasteiger partial charge in [-0.25, -0.2) is 4.39 Å². The van der Waals surface area contributed by atoms with Crippen LogP contribution in [0.4, 0.5) is 17.6 Å². The lowest BCUT2D eigenvalue weighted by Gasteiger charge is -2.13. The maximum absolute atomic E-state index is 13.0. The van der Waals surface area contributed by atoms with Gasteiger partial charge >= 0.3 is 5.51 Å². The van der Waals surface area contributed by atoms with Crippen LogP contribution in [0.3, 0.4) is 0 Å². The molecule has 0 heterocycles. The second kappa shape index (κ2) is 4.82. The predicted molar refractivity (Wildman–Crippen MR) is 51.4 cm³/mol. The Morgan fingerprint density at radius 2 is 1.50 bits per heavy atom. The molecular weight excluding hydrogens is 248 g/mol. The molecule has 1 aromatic rings. The van der Waals surface area contributed by atoms with Gasteiger partial charge in [0, 0.05) is 12.1 Å². The molecule has 0 N–H and O–H groups in total. The second-order valence-electron chi connectivity index (χ2n) is 2.69. The van der Waals surface area contributed by atoms with Gasteiger partial charge in [-0.2, -0.15) is 13.2 Å². The molecule has 0 aliphatic carbocycles. The van der Waals surface area contributed by atoms with Gasteiger partial charge in [0.05, 0.1) is 14.2 Å². The van der Waals surface area contributed by atoms with Crippen molar-refractivity contribution in [2.75, 3.05) is 14.2 Å². The first-order chi connectivity index (χ1) is 7.37. The molecule has 0 spiro atoms. The fourth-order valence-corrected chi connectivity index (χ4v) is 1.78. The molecule has 0 aliphatic heterocycles. The van der Waals surface area contributed by atoms with Crippen molar-refractivity contribution in [1.29, 1.82) is 0 Å². The minimum atomic E-state index is -4.49. The van der Waals surface area contributed by atoms with Gasteiger partial charge in [-0.1, -0.05) is 0 Å². The van der Waals surface area contributed by atoms with Crippen LogP contribution in [-0.4, -0.2) is 19.7 Å². The lowest BCUT2D eigenvalue weighted by molar-refractivity contribution is -0.0329. The van der Waals surface area contributed by atoms with Crippen molar-refractivity contribution < 1.29 is 27.0 Å². The molecule has 16 heavy (non-hydrogen) atoms. The Balaban J connectivity index is 3.22. The van der Waals surface area contributed by atoms with Crippen LogP contribution in [-0.2, 0) is 0 Å². The van der Waals surface area contributed by atoms with Gasteiger partial charge in [-0.15, -0.1) is 0 Å². The van der Waals surface area contributed by atoms with Gasteiger partial charge in [-0.3, -0.25) is 0 Å². The van der Waals surface area contributed by atoms with Gasteiger partial charge in [-0.05, 0) is 11.8 Å². The Hall–Kier alpha value is -1.11. The van der Waals surface area contributed by atoms with E-state index in [4.69, 9.17) is 0 Å². The van der Waals surface area contributed by atoms with E-state index in [0.29, 0.717) is 0 Å². The van der Waals surface area contributed by atoms with Crippen LogP contribution < -0.4 is 9.47 Å². The summed E-state index contributed by atoms with van der Waals surface area (Å²) in [6, 6.07) is 1.74. The first-order valence-corrected chi connectivity index (χ1v) is 4.86. The Morgan fingerprint density at radius 3 is 1.81 bits per heavy atom. The molecule has 0 fully saturated rings. The molecule has 1 rings (SSSR count). The summed E-state index contributed by atoms with van der Waals surface area (Å²) in [6.45, 7) is 0. The molecule has 0 saturated heterocycles. The van der Waals surface area contributed by atoms with Crippen LogP contribution in [0.2, 0.25) is 0 Å². The molecule has 0 atom stereocenters. The quantitative estimate of drug-likeness (QED) is 0.609. The number of hydrogen-bond acceptors (Lipinski definition) is 3. The van der Waals surface area contributed by atoms with E-state index in [1.165, 1.54) is 0 Å². The van der Waals surface area contributed by atoms with Crippen molar-refractivity contribution in [3.05, 3.63) is 17.9 Å².